The highest BCUT2D eigenvalue weighted by Crippen LogP contribution is 2.67. The molecule has 0 aromatic rings. The van der Waals surface area contributed by atoms with E-state index in [1.54, 1.807) is 6.92 Å². The van der Waals surface area contributed by atoms with Crippen LogP contribution < -0.4 is 0 Å². The van der Waals surface area contributed by atoms with Gasteiger partial charge in [0, 0.05) is 18.9 Å². The molecule has 0 aromatic carbocycles. The molecule has 3 heteroatoms. The van der Waals surface area contributed by atoms with E-state index < -0.39 is 0 Å². The van der Waals surface area contributed by atoms with E-state index in [-0.39, 0.29) is 17.5 Å². The van der Waals surface area contributed by atoms with Gasteiger partial charge >= 0.3 is 5.97 Å². The van der Waals surface area contributed by atoms with Crippen molar-refractivity contribution in [1.82, 2.24) is 0 Å². The van der Waals surface area contributed by atoms with Crippen LogP contribution in [0.15, 0.2) is 0 Å². The zero-order valence-corrected chi connectivity index (χ0v) is 16.3. The van der Waals surface area contributed by atoms with Crippen molar-refractivity contribution in [2.24, 2.45) is 40.4 Å². The molecular formula is C22H36O3. The van der Waals surface area contributed by atoms with E-state index >= 15 is 0 Å². The molecule has 0 aliphatic heterocycles. The number of rotatable bonds is 2. The Balaban J connectivity index is 1.59. The van der Waals surface area contributed by atoms with Crippen LogP contribution in [0.25, 0.3) is 0 Å². The Morgan fingerprint density at radius 3 is 2.40 bits per heavy atom. The van der Waals surface area contributed by atoms with Gasteiger partial charge in [0.1, 0.15) is 6.10 Å². The van der Waals surface area contributed by atoms with Gasteiger partial charge in [-0.1, -0.05) is 20.3 Å². The molecule has 3 nitrogen and oxygen atoms in total. The molecule has 0 saturated heterocycles. The molecule has 1 N–H and O–H groups in total. The summed E-state index contributed by atoms with van der Waals surface area (Å²) in [7, 11) is 0. The Kier molecular flexibility index (Phi) is 4.46. The van der Waals surface area contributed by atoms with Crippen molar-refractivity contribution in [1.29, 1.82) is 0 Å². The highest BCUT2D eigenvalue weighted by molar-refractivity contribution is 5.66. The first-order valence-electron chi connectivity index (χ1n) is 10.7. The molecule has 0 aromatic heterocycles. The average molecular weight is 349 g/mol. The Morgan fingerprint density at radius 2 is 1.68 bits per heavy atom. The van der Waals surface area contributed by atoms with Gasteiger partial charge in [-0.15, -0.1) is 0 Å². The standard InChI is InChI=1S/C22H36O3/c1-14(24)25-20-9-8-18-16-6-7-17-15(13-23)5-4-11-21(17,2)19(16)10-12-22(18,20)3/h15-20,23H,4-13H2,1-3H3/t15-,16+,17+,18+,19+,20+,21+,22+/m1/s1. The van der Waals surface area contributed by atoms with E-state index in [4.69, 9.17) is 4.74 Å². The molecular weight excluding hydrogens is 312 g/mol. The van der Waals surface area contributed by atoms with Crippen molar-refractivity contribution >= 4 is 5.97 Å². The number of esters is 1. The number of hydrogen-bond donors (Lipinski definition) is 1. The molecule has 4 saturated carbocycles. The number of ether oxygens (including phenoxy) is 1. The molecule has 0 amide bonds. The summed E-state index contributed by atoms with van der Waals surface area (Å²) >= 11 is 0. The summed E-state index contributed by atoms with van der Waals surface area (Å²) in [6, 6.07) is 0. The van der Waals surface area contributed by atoms with Crippen LogP contribution in [0.1, 0.15) is 78.6 Å². The third kappa shape index (κ3) is 2.59. The number of aliphatic hydroxyl groups is 1. The van der Waals surface area contributed by atoms with Crippen molar-refractivity contribution in [3.63, 3.8) is 0 Å². The van der Waals surface area contributed by atoms with Gasteiger partial charge in [-0.3, -0.25) is 4.79 Å². The smallest absolute Gasteiger partial charge is 0.302 e. The van der Waals surface area contributed by atoms with Gasteiger partial charge in [0.2, 0.25) is 0 Å². The van der Waals surface area contributed by atoms with Crippen LogP contribution in [0.5, 0.6) is 0 Å². The van der Waals surface area contributed by atoms with Gasteiger partial charge in [0.15, 0.2) is 0 Å². The van der Waals surface area contributed by atoms with Gasteiger partial charge in [0.05, 0.1) is 0 Å². The molecule has 0 radical (unpaired) electrons. The third-order valence-corrected chi connectivity index (χ3v) is 9.26. The van der Waals surface area contributed by atoms with E-state index in [1.807, 2.05) is 0 Å². The number of carbonyl (C=O) groups excluding carboxylic acids is 1. The van der Waals surface area contributed by atoms with Crippen LogP contribution >= 0.6 is 0 Å². The fourth-order valence-corrected chi connectivity index (χ4v) is 8.14. The van der Waals surface area contributed by atoms with Crippen LogP contribution in [0.2, 0.25) is 0 Å². The maximum atomic E-state index is 11.6. The summed E-state index contributed by atoms with van der Waals surface area (Å²) in [5.74, 6) is 3.49. The van der Waals surface area contributed by atoms with Gasteiger partial charge in [0.25, 0.3) is 0 Å². The van der Waals surface area contributed by atoms with Crippen molar-refractivity contribution in [3.05, 3.63) is 0 Å². The lowest BCUT2D eigenvalue weighted by atomic mass is 9.44. The second kappa shape index (κ2) is 6.25. The Morgan fingerprint density at radius 1 is 0.960 bits per heavy atom. The van der Waals surface area contributed by atoms with E-state index in [0.717, 1.165) is 30.1 Å². The second-order valence-corrected chi connectivity index (χ2v) is 10.1. The summed E-state index contributed by atoms with van der Waals surface area (Å²) in [5, 5.41) is 9.90. The van der Waals surface area contributed by atoms with Crippen molar-refractivity contribution < 1.29 is 14.6 Å². The summed E-state index contributed by atoms with van der Waals surface area (Å²) in [5.41, 5.74) is 0.622. The Hall–Kier alpha value is -0.570. The zero-order valence-electron chi connectivity index (χ0n) is 16.3. The van der Waals surface area contributed by atoms with E-state index in [2.05, 4.69) is 13.8 Å². The molecule has 0 unspecified atom stereocenters. The first-order valence-corrected chi connectivity index (χ1v) is 10.7. The van der Waals surface area contributed by atoms with Crippen LogP contribution in [0.4, 0.5) is 0 Å². The lowest BCUT2D eigenvalue weighted by Gasteiger charge is -2.61. The maximum Gasteiger partial charge on any atom is 0.302 e. The minimum atomic E-state index is -0.109. The first kappa shape index (κ1) is 17.8. The van der Waals surface area contributed by atoms with Crippen molar-refractivity contribution in [2.45, 2.75) is 84.7 Å². The average Bonchev–Trinajstić information content (AvgIpc) is 2.89. The van der Waals surface area contributed by atoms with Crippen LogP contribution in [0.3, 0.4) is 0 Å². The SMILES string of the molecule is CC(=O)O[C@H]1CC[C@H]2[C@@H]3CC[C@H]4[C@@H](CO)CCC[C@]4(C)[C@H]3CC[C@]12C. The summed E-state index contributed by atoms with van der Waals surface area (Å²) in [4.78, 5) is 11.6. The molecule has 0 bridgehead atoms. The third-order valence-electron chi connectivity index (χ3n) is 9.26. The minimum Gasteiger partial charge on any atom is -0.462 e. The molecule has 142 valence electrons. The predicted octanol–water partition coefficient (Wildman–Crippen LogP) is 4.57. The Labute approximate surface area is 152 Å². The zero-order chi connectivity index (χ0) is 17.8. The number of carbonyl (C=O) groups is 1. The van der Waals surface area contributed by atoms with Gasteiger partial charge in [-0.25, -0.2) is 0 Å². The molecule has 0 heterocycles. The fourth-order valence-electron chi connectivity index (χ4n) is 8.14. The maximum absolute atomic E-state index is 11.6. The van der Waals surface area contributed by atoms with E-state index in [1.165, 1.54) is 51.4 Å². The fraction of sp³-hybridized carbons (Fsp3) is 0.955. The molecule has 4 rings (SSSR count). The lowest BCUT2D eigenvalue weighted by Crippen LogP contribution is -2.55. The molecule has 25 heavy (non-hydrogen) atoms. The monoisotopic (exact) mass is 348 g/mol. The molecule has 0 spiro atoms. The number of aliphatic hydroxyl groups excluding tert-OH is 1. The van der Waals surface area contributed by atoms with E-state index in [9.17, 15) is 9.90 Å². The van der Waals surface area contributed by atoms with Gasteiger partial charge in [-0.05, 0) is 86.4 Å². The molecule has 4 aliphatic carbocycles. The number of fused-ring (bicyclic) bond motifs is 5. The second-order valence-electron chi connectivity index (χ2n) is 10.1. The lowest BCUT2D eigenvalue weighted by molar-refractivity contribution is -0.164. The first-order chi connectivity index (χ1) is 11.9. The van der Waals surface area contributed by atoms with Crippen LogP contribution in [0, 0.1) is 40.4 Å². The van der Waals surface area contributed by atoms with Gasteiger partial charge in [-0.2, -0.15) is 0 Å². The van der Waals surface area contributed by atoms with Gasteiger partial charge < -0.3 is 9.84 Å². The van der Waals surface area contributed by atoms with Crippen molar-refractivity contribution in [2.75, 3.05) is 6.61 Å². The Bertz CT molecular complexity index is 531. The molecule has 4 aliphatic rings. The predicted molar refractivity (Wildman–Crippen MR) is 97.9 cm³/mol. The van der Waals surface area contributed by atoms with E-state index in [0.29, 0.717) is 17.9 Å². The number of hydrogen-bond acceptors (Lipinski definition) is 3. The molecule has 4 fully saturated rings. The normalized spacial score (nSPS) is 52.0. The van der Waals surface area contributed by atoms with Crippen molar-refractivity contribution in [3.8, 4) is 0 Å². The minimum absolute atomic E-state index is 0.109. The quantitative estimate of drug-likeness (QED) is 0.744. The summed E-state index contributed by atoms with van der Waals surface area (Å²) in [6.07, 6.45) is 11.4. The largest absolute Gasteiger partial charge is 0.462 e. The summed E-state index contributed by atoms with van der Waals surface area (Å²) in [6.45, 7) is 6.90. The highest BCUT2D eigenvalue weighted by atomic mass is 16.5. The highest BCUT2D eigenvalue weighted by Gasteiger charge is 2.61. The van der Waals surface area contributed by atoms with Crippen LogP contribution in [-0.2, 0) is 9.53 Å². The molecule has 8 atom stereocenters. The summed E-state index contributed by atoms with van der Waals surface area (Å²) < 4.78 is 5.76. The van der Waals surface area contributed by atoms with Crippen LogP contribution in [-0.4, -0.2) is 23.8 Å². The topological polar surface area (TPSA) is 46.5 Å².